The second-order valence-corrected chi connectivity index (χ2v) is 11.7. The number of aromatic nitrogens is 5. The van der Waals surface area contributed by atoms with Crippen molar-refractivity contribution in [2.24, 2.45) is 0 Å². The predicted octanol–water partition coefficient (Wildman–Crippen LogP) is 6.67. The molecule has 1 amide bonds. The smallest absolute Gasteiger partial charge is 0.410 e. The molecule has 0 bridgehead atoms. The lowest BCUT2D eigenvalue weighted by molar-refractivity contribution is 0.0240. The first-order valence-electron chi connectivity index (χ1n) is 14.4. The number of nitrogens with one attached hydrogen (secondary N) is 1. The molecule has 14 heteroatoms. The summed E-state index contributed by atoms with van der Waals surface area (Å²) in [5.41, 5.74) is 0.337. The highest BCUT2D eigenvalue weighted by molar-refractivity contribution is 6.36. The number of rotatable bonds is 5. The summed E-state index contributed by atoms with van der Waals surface area (Å²) in [6.45, 7) is 8.53. The lowest BCUT2D eigenvalue weighted by Gasteiger charge is -2.36. The first-order chi connectivity index (χ1) is 22.0. The van der Waals surface area contributed by atoms with Crippen molar-refractivity contribution in [3.63, 3.8) is 0 Å². The van der Waals surface area contributed by atoms with Crippen LogP contribution >= 0.6 is 11.6 Å². The molecular formula is C32H31ClF2N8O3. The Balaban J connectivity index is 0.00000134. The Morgan fingerprint density at radius 3 is 2.52 bits per heavy atom. The van der Waals surface area contributed by atoms with Crippen LogP contribution in [0, 0.1) is 23.0 Å². The van der Waals surface area contributed by atoms with Crippen LogP contribution in [0.4, 0.5) is 19.4 Å². The summed E-state index contributed by atoms with van der Waals surface area (Å²) in [6.07, 6.45) is 2.69. The summed E-state index contributed by atoms with van der Waals surface area (Å²) in [7, 11) is 0. The maximum Gasteiger partial charge on any atom is 0.410 e. The van der Waals surface area contributed by atoms with Gasteiger partial charge < -0.3 is 19.3 Å². The first kappa shape index (κ1) is 32.3. The van der Waals surface area contributed by atoms with Gasteiger partial charge in [-0.25, -0.2) is 13.6 Å². The first-order valence-corrected chi connectivity index (χ1v) is 14.8. The van der Waals surface area contributed by atoms with Crippen LogP contribution in [0.15, 0.2) is 48.8 Å². The SMILES string of the molecule is CC#N.CC(C)(C)OC(=O)N1CCN(c2nc(OCc3ccn[nH]3)nc3c(F)c(-c4cccc5ccc(F)c(Cl)c45)ncc23)CC1. The van der Waals surface area contributed by atoms with Gasteiger partial charge >= 0.3 is 12.1 Å². The molecule has 0 aliphatic carbocycles. The number of benzene rings is 2. The van der Waals surface area contributed by atoms with Gasteiger partial charge in [0.15, 0.2) is 5.82 Å². The molecule has 4 heterocycles. The van der Waals surface area contributed by atoms with E-state index in [2.05, 4.69) is 25.1 Å². The molecule has 1 N–H and O–H groups in total. The molecule has 11 nitrogen and oxygen atoms in total. The van der Waals surface area contributed by atoms with Gasteiger partial charge in [0, 0.05) is 56.4 Å². The van der Waals surface area contributed by atoms with E-state index in [1.54, 1.807) is 47.5 Å². The average molecular weight is 649 g/mol. The lowest BCUT2D eigenvalue weighted by atomic mass is 10.0. The number of amides is 1. The third-order valence-corrected chi connectivity index (χ3v) is 7.35. The van der Waals surface area contributed by atoms with Gasteiger partial charge in [-0.15, -0.1) is 0 Å². The zero-order valence-electron chi connectivity index (χ0n) is 25.6. The van der Waals surface area contributed by atoms with Crippen LogP contribution in [0.25, 0.3) is 32.9 Å². The Bertz CT molecular complexity index is 1920. The number of pyridine rings is 1. The normalized spacial score (nSPS) is 13.3. The van der Waals surface area contributed by atoms with Crippen LogP contribution in [0.1, 0.15) is 33.4 Å². The Morgan fingerprint density at radius 1 is 1.11 bits per heavy atom. The van der Waals surface area contributed by atoms with Gasteiger partial charge in [-0.05, 0) is 38.3 Å². The monoisotopic (exact) mass is 648 g/mol. The van der Waals surface area contributed by atoms with E-state index in [4.69, 9.17) is 26.3 Å². The molecule has 0 radical (unpaired) electrons. The molecule has 1 fully saturated rings. The average Bonchev–Trinajstić information content (AvgIpc) is 3.55. The minimum atomic E-state index is -0.729. The number of hydrogen-bond donors (Lipinski definition) is 1. The van der Waals surface area contributed by atoms with Crippen molar-refractivity contribution in [2.45, 2.75) is 39.9 Å². The van der Waals surface area contributed by atoms with E-state index >= 15 is 4.39 Å². The Morgan fingerprint density at radius 2 is 1.85 bits per heavy atom. The molecule has 0 atom stereocenters. The van der Waals surface area contributed by atoms with Crippen molar-refractivity contribution in [1.29, 1.82) is 5.26 Å². The van der Waals surface area contributed by atoms with E-state index in [0.29, 0.717) is 59.4 Å². The molecule has 0 saturated carbocycles. The van der Waals surface area contributed by atoms with Crippen molar-refractivity contribution >= 4 is 45.2 Å². The number of nitrogens with zero attached hydrogens (tertiary/aromatic N) is 7. The second kappa shape index (κ2) is 13.5. The fourth-order valence-electron chi connectivity index (χ4n) is 4.96. The number of aromatic amines is 1. The molecule has 238 valence electrons. The molecule has 3 aromatic heterocycles. The van der Waals surface area contributed by atoms with Gasteiger partial charge in [0.25, 0.3) is 0 Å². The highest BCUT2D eigenvalue weighted by Gasteiger charge is 2.29. The van der Waals surface area contributed by atoms with Crippen LogP contribution in [-0.4, -0.2) is 67.9 Å². The molecule has 1 aliphatic heterocycles. The molecule has 0 spiro atoms. The standard InChI is InChI=1S/C30H28ClF2N7O3.C2H3N/c1-30(2,3)43-29(41)40-13-11-39(12-14-40)27-20-15-34-25(19-6-4-5-17-7-8-21(32)23(31)22(17)19)24(33)26(20)36-28(37-27)42-16-18-9-10-35-38-18;1-2-3/h4-10,15H,11-14,16H2,1-3H3,(H,35,38);1H3. The molecule has 0 unspecified atom stereocenters. The number of carbonyl (C=O) groups excluding carboxylic acids is 1. The van der Waals surface area contributed by atoms with Crippen molar-refractivity contribution in [3.05, 3.63) is 71.1 Å². The van der Waals surface area contributed by atoms with Crippen molar-refractivity contribution in [1.82, 2.24) is 30.0 Å². The fraction of sp³-hybridized carbons (Fsp3) is 0.312. The second-order valence-electron chi connectivity index (χ2n) is 11.3. The molecule has 2 aromatic carbocycles. The molecule has 46 heavy (non-hydrogen) atoms. The summed E-state index contributed by atoms with van der Waals surface area (Å²) < 4.78 is 42.2. The van der Waals surface area contributed by atoms with Crippen molar-refractivity contribution in [2.75, 3.05) is 31.1 Å². The van der Waals surface area contributed by atoms with Crippen LogP contribution in [0.3, 0.4) is 0 Å². The summed E-state index contributed by atoms with van der Waals surface area (Å²) in [5.74, 6) is -0.936. The van der Waals surface area contributed by atoms with E-state index in [1.165, 1.54) is 19.2 Å². The number of hydrogen-bond acceptors (Lipinski definition) is 9. The number of fused-ring (bicyclic) bond motifs is 2. The minimum Gasteiger partial charge on any atom is -0.457 e. The highest BCUT2D eigenvalue weighted by atomic mass is 35.5. The highest BCUT2D eigenvalue weighted by Crippen LogP contribution is 2.38. The summed E-state index contributed by atoms with van der Waals surface area (Å²) >= 11 is 6.34. The third kappa shape index (κ3) is 6.92. The number of halogens is 3. The third-order valence-electron chi connectivity index (χ3n) is 6.98. The van der Waals surface area contributed by atoms with Gasteiger partial charge in [-0.3, -0.25) is 10.1 Å². The number of anilines is 1. The van der Waals surface area contributed by atoms with E-state index in [0.717, 1.165) is 0 Å². The van der Waals surface area contributed by atoms with Crippen LogP contribution < -0.4 is 9.64 Å². The van der Waals surface area contributed by atoms with E-state index in [9.17, 15) is 9.18 Å². The van der Waals surface area contributed by atoms with Gasteiger partial charge in [-0.1, -0.05) is 35.9 Å². The Hall–Kier alpha value is -5.09. The Kier molecular flexibility index (Phi) is 9.48. The van der Waals surface area contributed by atoms with Crippen LogP contribution in [0.2, 0.25) is 5.02 Å². The topological polar surface area (TPSA) is 133 Å². The van der Waals surface area contributed by atoms with E-state index < -0.39 is 23.3 Å². The summed E-state index contributed by atoms with van der Waals surface area (Å²) in [5, 5.41) is 15.3. The van der Waals surface area contributed by atoms with Crippen molar-refractivity contribution in [3.8, 4) is 23.3 Å². The minimum absolute atomic E-state index is 0.0197. The maximum absolute atomic E-state index is 16.4. The summed E-state index contributed by atoms with van der Waals surface area (Å²) in [4.78, 5) is 29.7. The van der Waals surface area contributed by atoms with Gasteiger partial charge in [0.2, 0.25) is 0 Å². The quantitative estimate of drug-likeness (QED) is 0.222. The molecule has 1 aliphatic rings. The van der Waals surface area contributed by atoms with Gasteiger partial charge in [-0.2, -0.15) is 20.3 Å². The molecule has 5 aromatic rings. The lowest BCUT2D eigenvalue weighted by Crippen LogP contribution is -2.50. The van der Waals surface area contributed by atoms with Crippen molar-refractivity contribution < 1.29 is 23.0 Å². The number of piperazine rings is 1. The number of ether oxygens (including phenoxy) is 2. The molecular weight excluding hydrogens is 618 g/mol. The van der Waals surface area contributed by atoms with Crippen LogP contribution in [0.5, 0.6) is 6.01 Å². The van der Waals surface area contributed by atoms with Gasteiger partial charge in [0.1, 0.15) is 35.1 Å². The molecule has 1 saturated heterocycles. The zero-order valence-corrected chi connectivity index (χ0v) is 26.4. The predicted molar refractivity (Wildman–Crippen MR) is 169 cm³/mol. The van der Waals surface area contributed by atoms with Gasteiger partial charge in [0.05, 0.1) is 22.2 Å². The largest absolute Gasteiger partial charge is 0.457 e. The van der Waals surface area contributed by atoms with Crippen LogP contribution in [-0.2, 0) is 11.3 Å². The summed E-state index contributed by atoms with van der Waals surface area (Å²) in [6, 6.07) is 11.4. The maximum atomic E-state index is 16.4. The number of carbonyl (C=O) groups is 1. The molecule has 6 rings (SSSR count). The fourth-order valence-corrected chi connectivity index (χ4v) is 5.23. The zero-order chi connectivity index (χ0) is 33.0. The number of nitriles is 1. The Labute approximate surface area is 268 Å². The van der Waals surface area contributed by atoms with E-state index in [1.807, 2.05) is 25.7 Å². The number of H-pyrrole nitrogens is 1. The van der Waals surface area contributed by atoms with E-state index in [-0.39, 0.29) is 28.9 Å².